The molecule has 3 aromatic rings. The molecule has 0 aliphatic rings. The lowest BCUT2D eigenvalue weighted by atomic mass is 10.2. The summed E-state index contributed by atoms with van der Waals surface area (Å²) < 4.78 is 15.1. The van der Waals surface area contributed by atoms with Crippen molar-refractivity contribution in [2.24, 2.45) is 0 Å². The summed E-state index contributed by atoms with van der Waals surface area (Å²) >= 11 is 0. The lowest BCUT2D eigenvalue weighted by molar-refractivity contribution is 0.0788. The summed E-state index contributed by atoms with van der Waals surface area (Å²) in [6.07, 6.45) is 6.13. The van der Waals surface area contributed by atoms with Crippen LogP contribution in [0.25, 0.3) is 5.65 Å². The molecule has 3 aromatic heterocycles. The first-order valence-electron chi connectivity index (χ1n) is 7.91. The van der Waals surface area contributed by atoms with Gasteiger partial charge in [0.2, 0.25) is 0 Å². The van der Waals surface area contributed by atoms with Gasteiger partial charge in [0.25, 0.3) is 5.91 Å². The van der Waals surface area contributed by atoms with Crippen molar-refractivity contribution in [3.8, 4) is 0 Å². The number of hydrogen-bond donors (Lipinski definition) is 0. The van der Waals surface area contributed by atoms with Crippen LogP contribution in [0.4, 0.5) is 4.39 Å². The Bertz CT molecular complexity index is 860. The van der Waals surface area contributed by atoms with Crippen molar-refractivity contribution in [1.29, 1.82) is 0 Å². The maximum atomic E-state index is 13.6. The van der Waals surface area contributed by atoms with Crippen molar-refractivity contribution in [2.45, 2.75) is 19.8 Å². The van der Waals surface area contributed by atoms with E-state index >= 15 is 0 Å². The Labute approximate surface area is 139 Å². The van der Waals surface area contributed by atoms with E-state index in [-0.39, 0.29) is 5.91 Å². The van der Waals surface area contributed by atoms with Crippen LogP contribution < -0.4 is 0 Å². The van der Waals surface area contributed by atoms with E-state index in [2.05, 4.69) is 9.97 Å². The molecule has 0 spiro atoms. The molecule has 0 aromatic carbocycles. The van der Waals surface area contributed by atoms with Crippen molar-refractivity contribution in [1.82, 2.24) is 19.3 Å². The van der Waals surface area contributed by atoms with Gasteiger partial charge in [0.1, 0.15) is 17.2 Å². The highest BCUT2D eigenvalue weighted by atomic mass is 19.1. The molecule has 0 N–H and O–H groups in total. The fourth-order valence-corrected chi connectivity index (χ4v) is 2.67. The molecule has 24 heavy (non-hydrogen) atoms. The number of carbonyl (C=O) groups is 1. The van der Waals surface area contributed by atoms with Gasteiger partial charge in [-0.1, -0.05) is 6.92 Å². The molecule has 0 fully saturated rings. The topological polar surface area (TPSA) is 50.5 Å². The van der Waals surface area contributed by atoms with Gasteiger partial charge in [-0.3, -0.25) is 14.2 Å². The average molecular weight is 326 g/mol. The highest BCUT2D eigenvalue weighted by molar-refractivity contribution is 5.94. The maximum absolute atomic E-state index is 13.6. The van der Waals surface area contributed by atoms with Crippen LogP contribution in [0.3, 0.4) is 0 Å². The number of likely N-dealkylation sites (N-methyl/N-ethyl adjacent to an activating group) is 1. The molecule has 3 rings (SSSR count). The Hall–Kier alpha value is -2.76. The van der Waals surface area contributed by atoms with Gasteiger partial charge in [-0.05, 0) is 42.7 Å². The Morgan fingerprint density at radius 2 is 2.00 bits per heavy atom. The third-order valence-electron chi connectivity index (χ3n) is 4.02. The zero-order valence-electron chi connectivity index (χ0n) is 13.7. The monoisotopic (exact) mass is 326 g/mol. The number of pyridine rings is 2. The number of imidazole rings is 1. The van der Waals surface area contributed by atoms with Gasteiger partial charge < -0.3 is 4.90 Å². The van der Waals surface area contributed by atoms with Crippen LogP contribution in [0.2, 0.25) is 0 Å². The molecule has 1 amide bonds. The summed E-state index contributed by atoms with van der Waals surface area (Å²) in [6, 6.07) is 6.80. The van der Waals surface area contributed by atoms with Crippen LogP contribution in [-0.4, -0.2) is 38.8 Å². The maximum Gasteiger partial charge on any atom is 0.272 e. The number of aryl methyl sites for hydroxylation is 1. The van der Waals surface area contributed by atoms with Gasteiger partial charge in [-0.15, -0.1) is 0 Å². The third-order valence-corrected chi connectivity index (χ3v) is 4.02. The molecule has 6 heteroatoms. The lowest BCUT2D eigenvalue weighted by Crippen LogP contribution is -2.30. The molecule has 0 aliphatic carbocycles. The fourth-order valence-electron chi connectivity index (χ4n) is 2.67. The highest BCUT2D eigenvalue weighted by Gasteiger charge is 2.21. The molecule has 0 saturated carbocycles. The summed E-state index contributed by atoms with van der Waals surface area (Å²) in [5.74, 6) is -0.546. The Balaban J connectivity index is 1.85. The molecule has 124 valence electrons. The van der Waals surface area contributed by atoms with Gasteiger partial charge in [-0.25, -0.2) is 9.37 Å². The highest BCUT2D eigenvalue weighted by Crippen LogP contribution is 2.16. The van der Waals surface area contributed by atoms with Crippen LogP contribution in [0.5, 0.6) is 0 Å². The van der Waals surface area contributed by atoms with E-state index in [0.29, 0.717) is 30.0 Å². The van der Waals surface area contributed by atoms with E-state index in [1.54, 1.807) is 34.8 Å². The molecule has 0 radical (unpaired) electrons. The van der Waals surface area contributed by atoms with E-state index in [4.69, 9.17) is 0 Å². The third kappa shape index (κ3) is 3.13. The Morgan fingerprint density at radius 3 is 2.71 bits per heavy atom. The Morgan fingerprint density at radius 1 is 1.25 bits per heavy atom. The number of amides is 1. The minimum atomic E-state index is -0.393. The summed E-state index contributed by atoms with van der Waals surface area (Å²) in [5.41, 5.74) is 2.81. The van der Waals surface area contributed by atoms with E-state index in [1.165, 1.54) is 12.3 Å². The lowest BCUT2D eigenvalue weighted by Gasteiger charge is -2.17. The molecular weight excluding hydrogens is 307 g/mol. The van der Waals surface area contributed by atoms with Crippen LogP contribution in [-0.2, 0) is 12.8 Å². The second-order valence-corrected chi connectivity index (χ2v) is 5.67. The first-order chi connectivity index (χ1) is 11.6. The summed E-state index contributed by atoms with van der Waals surface area (Å²) in [5, 5.41) is 0. The zero-order chi connectivity index (χ0) is 17.1. The molecule has 0 saturated heterocycles. The average Bonchev–Trinajstić information content (AvgIpc) is 2.97. The second-order valence-electron chi connectivity index (χ2n) is 5.67. The number of fused-ring (bicyclic) bond motifs is 1. The van der Waals surface area contributed by atoms with E-state index in [1.807, 2.05) is 19.1 Å². The van der Waals surface area contributed by atoms with Gasteiger partial charge >= 0.3 is 0 Å². The molecule has 0 bridgehead atoms. The standard InChI is InChI=1S/C18H19FN4O/c1-3-15-17(23-12-14(19)4-5-16(23)21-15)18(24)22(2)11-8-13-6-9-20-10-7-13/h4-7,9-10,12H,3,8,11H2,1-2H3. The number of aromatic nitrogens is 3. The van der Waals surface area contributed by atoms with Crippen molar-refractivity contribution in [3.05, 3.63) is 65.6 Å². The van der Waals surface area contributed by atoms with Gasteiger partial charge in [-0.2, -0.15) is 0 Å². The molecule has 0 aliphatic heterocycles. The normalized spacial score (nSPS) is 11.0. The van der Waals surface area contributed by atoms with Gasteiger partial charge in [0.15, 0.2) is 0 Å². The van der Waals surface area contributed by atoms with E-state index < -0.39 is 5.82 Å². The minimum absolute atomic E-state index is 0.154. The van der Waals surface area contributed by atoms with E-state index in [9.17, 15) is 9.18 Å². The predicted octanol–water partition coefficient (Wildman–Crippen LogP) is 2.75. The number of halogens is 1. The van der Waals surface area contributed by atoms with Crippen LogP contribution in [0, 0.1) is 5.82 Å². The summed E-state index contributed by atoms with van der Waals surface area (Å²) in [7, 11) is 1.75. The number of hydrogen-bond acceptors (Lipinski definition) is 3. The quantitative estimate of drug-likeness (QED) is 0.724. The van der Waals surface area contributed by atoms with Crippen molar-refractivity contribution in [3.63, 3.8) is 0 Å². The number of carbonyl (C=O) groups excluding carboxylic acids is 1. The smallest absolute Gasteiger partial charge is 0.272 e. The van der Waals surface area contributed by atoms with Crippen molar-refractivity contribution >= 4 is 11.6 Å². The molecule has 0 atom stereocenters. The second kappa shape index (κ2) is 6.78. The van der Waals surface area contributed by atoms with Crippen LogP contribution >= 0.6 is 0 Å². The van der Waals surface area contributed by atoms with Crippen LogP contribution in [0.1, 0.15) is 28.7 Å². The SMILES string of the molecule is CCc1nc2ccc(F)cn2c1C(=O)N(C)CCc1ccncc1. The molecule has 3 heterocycles. The van der Waals surface area contributed by atoms with Gasteiger partial charge in [0, 0.05) is 32.2 Å². The molecule has 0 unspecified atom stereocenters. The largest absolute Gasteiger partial charge is 0.340 e. The molecular formula is C18H19FN4O. The first-order valence-corrected chi connectivity index (χ1v) is 7.91. The van der Waals surface area contributed by atoms with Crippen LogP contribution in [0.15, 0.2) is 42.9 Å². The minimum Gasteiger partial charge on any atom is -0.340 e. The summed E-state index contributed by atoms with van der Waals surface area (Å²) in [6.45, 7) is 2.50. The van der Waals surface area contributed by atoms with E-state index in [0.717, 1.165) is 12.0 Å². The van der Waals surface area contributed by atoms with Crippen molar-refractivity contribution in [2.75, 3.05) is 13.6 Å². The van der Waals surface area contributed by atoms with Gasteiger partial charge in [0.05, 0.1) is 5.69 Å². The molecule has 5 nitrogen and oxygen atoms in total. The number of rotatable bonds is 5. The zero-order valence-corrected chi connectivity index (χ0v) is 13.7. The number of nitrogens with zero attached hydrogens (tertiary/aromatic N) is 4. The first kappa shape index (κ1) is 16.1. The predicted molar refractivity (Wildman–Crippen MR) is 89.4 cm³/mol. The Kier molecular flexibility index (Phi) is 4.55. The fraction of sp³-hybridized carbons (Fsp3) is 0.278. The summed E-state index contributed by atoms with van der Waals surface area (Å²) in [4.78, 5) is 22.9. The van der Waals surface area contributed by atoms with Crippen molar-refractivity contribution < 1.29 is 9.18 Å².